The molecule has 4 aliphatic heterocycles. The Morgan fingerprint density at radius 3 is 2.33 bits per heavy atom. The lowest BCUT2D eigenvalue weighted by Gasteiger charge is -2.46. The van der Waals surface area contributed by atoms with Crippen LogP contribution in [0.25, 0.3) is 0 Å². The van der Waals surface area contributed by atoms with Crippen LogP contribution < -0.4 is 0 Å². The van der Waals surface area contributed by atoms with Gasteiger partial charge >= 0.3 is 0 Å². The molecule has 4 aliphatic rings. The summed E-state index contributed by atoms with van der Waals surface area (Å²) in [5, 5.41) is 10.7. The van der Waals surface area contributed by atoms with E-state index in [1.807, 2.05) is 73.4 Å². The minimum atomic E-state index is -1.31. The molecule has 0 aromatic heterocycles. The van der Waals surface area contributed by atoms with E-state index in [-0.39, 0.29) is 35.7 Å². The molecule has 43 heavy (non-hydrogen) atoms. The van der Waals surface area contributed by atoms with Gasteiger partial charge < -0.3 is 24.5 Å². The maximum Gasteiger partial charge on any atom is 0.249 e. The van der Waals surface area contributed by atoms with Gasteiger partial charge in [-0.1, -0.05) is 95.7 Å². The van der Waals surface area contributed by atoms with Crippen molar-refractivity contribution in [1.82, 2.24) is 14.7 Å². The summed E-state index contributed by atoms with van der Waals surface area (Å²) < 4.78 is 6.84. The number of amides is 3. The van der Waals surface area contributed by atoms with Crippen LogP contribution in [0, 0.1) is 23.2 Å². The SMILES string of the molecule is CC[C@H](C)[C@H](CO)N1C(=O)[C@@H]2[C@@H]3C(=O)N(Cc4ccccc4)CC=C[C@@H]3O[C@@]23C=CCN(C(C)(C)CC(C)(C)C)C(=O)C13. The molecule has 0 bridgehead atoms. The van der Waals surface area contributed by atoms with E-state index in [0.717, 1.165) is 18.4 Å². The van der Waals surface area contributed by atoms with Gasteiger partial charge in [0.1, 0.15) is 11.6 Å². The van der Waals surface area contributed by atoms with Crippen LogP contribution in [0.3, 0.4) is 0 Å². The van der Waals surface area contributed by atoms with Crippen LogP contribution in [-0.4, -0.2) is 86.6 Å². The van der Waals surface area contributed by atoms with Crippen molar-refractivity contribution in [2.75, 3.05) is 19.7 Å². The second-order valence-electron chi connectivity index (χ2n) is 14.8. The first-order chi connectivity index (χ1) is 20.3. The van der Waals surface area contributed by atoms with Gasteiger partial charge in [0.15, 0.2) is 0 Å². The summed E-state index contributed by atoms with van der Waals surface area (Å²) >= 11 is 0. The molecular weight excluding hydrogens is 542 g/mol. The molecule has 8 nitrogen and oxygen atoms in total. The molecule has 1 aromatic rings. The number of benzene rings is 1. The third kappa shape index (κ3) is 5.46. The Bertz CT molecular complexity index is 1280. The quantitative estimate of drug-likeness (QED) is 0.458. The van der Waals surface area contributed by atoms with Crippen LogP contribution in [0.4, 0.5) is 0 Å². The highest BCUT2D eigenvalue weighted by atomic mass is 16.5. The number of ether oxygens (including phenoxy) is 1. The monoisotopic (exact) mass is 591 g/mol. The summed E-state index contributed by atoms with van der Waals surface area (Å²) in [6, 6.07) is 8.26. The average Bonchev–Trinajstić information content (AvgIpc) is 3.25. The summed E-state index contributed by atoms with van der Waals surface area (Å²) in [6.07, 6.45) is 8.54. The number of hydrogen-bond donors (Lipinski definition) is 1. The predicted octanol–water partition coefficient (Wildman–Crippen LogP) is 4.19. The lowest BCUT2D eigenvalue weighted by molar-refractivity contribution is -0.156. The maximum absolute atomic E-state index is 14.9. The number of carbonyl (C=O) groups is 3. The van der Waals surface area contributed by atoms with Crippen molar-refractivity contribution in [1.29, 1.82) is 0 Å². The van der Waals surface area contributed by atoms with Crippen LogP contribution in [0.15, 0.2) is 54.6 Å². The van der Waals surface area contributed by atoms with Crippen molar-refractivity contribution < 1.29 is 24.2 Å². The van der Waals surface area contributed by atoms with Gasteiger partial charge in [-0.05, 0) is 37.2 Å². The lowest BCUT2D eigenvalue weighted by atomic mass is 9.77. The number of likely N-dealkylation sites (tertiary alicyclic amines) is 1. The third-order valence-electron chi connectivity index (χ3n) is 9.94. The fourth-order valence-corrected chi connectivity index (χ4v) is 8.18. The average molecular weight is 592 g/mol. The molecule has 2 saturated heterocycles. The van der Waals surface area contributed by atoms with Crippen LogP contribution in [0.1, 0.15) is 66.9 Å². The molecule has 8 heteroatoms. The molecule has 1 N–H and O–H groups in total. The Kier molecular flexibility index (Phi) is 8.42. The summed E-state index contributed by atoms with van der Waals surface area (Å²) in [6.45, 7) is 15.6. The fourth-order valence-electron chi connectivity index (χ4n) is 8.18. The number of fused-ring (bicyclic) bond motifs is 2. The van der Waals surface area contributed by atoms with Gasteiger partial charge in [0.2, 0.25) is 17.7 Å². The molecule has 5 rings (SSSR count). The molecule has 1 spiro atoms. The van der Waals surface area contributed by atoms with Crippen LogP contribution in [-0.2, 0) is 25.7 Å². The summed E-state index contributed by atoms with van der Waals surface area (Å²) in [7, 11) is 0. The zero-order chi connectivity index (χ0) is 31.3. The summed E-state index contributed by atoms with van der Waals surface area (Å²) in [4.78, 5) is 49.2. The van der Waals surface area contributed by atoms with Crippen molar-refractivity contribution in [3.05, 3.63) is 60.2 Å². The zero-order valence-electron chi connectivity index (χ0n) is 26.8. The smallest absolute Gasteiger partial charge is 0.249 e. The van der Waals surface area contributed by atoms with Gasteiger partial charge in [0, 0.05) is 25.2 Å². The van der Waals surface area contributed by atoms with Gasteiger partial charge in [-0.3, -0.25) is 14.4 Å². The Balaban J connectivity index is 1.60. The first kappa shape index (κ1) is 31.5. The molecule has 234 valence electrons. The van der Waals surface area contributed by atoms with Crippen molar-refractivity contribution in [3.63, 3.8) is 0 Å². The van der Waals surface area contributed by atoms with Gasteiger partial charge in [-0.25, -0.2) is 0 Å². The number of hydrogen-bond acceptors (Lipinski definition) is 5. The number of nitrogens with zero attached hydrogens (tertiary/aromatic N) is 3. The molecule has 0 radical (unpaired) electrons. The second-order valence-corrected chi connectivity index (χ2v) is 14.8. The molecule has 1 unspecified atom stereocenters. The van der Waals surface area contributed by atoms with Crippen molar-refractivity contribution in [3.8, 4) is 0 Å². The molecule has 0 aliphatic carbocycles. The topological polar surface area (TPSA) is 90.4 Å². The van der Waals surface area contributed by atoms with Crippen LogP contribution >= 0.6 is 0 Å². The number of aliphatic hydroxyl groups is 1. The summed E-state index contributed by atoms with van der Waals surface area (Å²) in [5.41, 5.74) is -0.848. The van der Waals surface area contributed by atoms with Gasteiger partial charge in [0.25, 0.3) is 0 Å². The van der Waals surface area contributed by atoms with Gasteiger partial charge in [-0.15, -0.1) is 0 Å². The molecule has 0 saturated carbocycles. The van der Waals surface area contributed by atoms with Crippen LogP contribution in [0.5, 0.6) is 0 Å². The molecule has 2 fully saturated rings. The summed E-state index contributed by atoms with van der Waals surface area (Å²) in [5.74, 6) is -2.32. The first-order valence-electron chi connectivity index (χ1n) is 15.8. The Labute approximate surface area is 256 Å². The highest BCUT2D eigenvalue weighted by Gasteiger charge is 2.73. The van der Waals surface area contributed by atoms with E-state index in [1.165, 1.54) is 0 Å². The van der Waals surface area contributed by atoms with Crippen molar-refractivity contribution >= 4 is 17.7 Å². The normalized spacial score (nSPS) is 30.6. The van der Waals surface area contributed by atoms with E-state index in [0.29, 0.717) is 19.6 Å². The third-order valence-corrected chi connectivity index (χ3v) is 9.94. The number of carbonyl (C=O) groups excluding carboxylic acids is 3. The van der Waals surface area contributed by atoms with E-state index in [1.54, 1.807) is 9.80 Å². The number of aliphatic hydroxyl groups excluding tert-OH is 1. The van der Waals surface area contributed by atoms with Gasteiger partial charge in [-0.2, -0.15) is 0 Å². The highest BCUT2D eigenvalue weighted by molar-refractivity contribution is 6.00. The Morgan fingerprint density at radius 2 is 1.70 bits per heavy atom. The largest absolute Gasteiger partial charge is 0.394 e. The minimum absolute atomic E-state index is 0.0357. The standard InChI is InChI=1S/C35H49N3O5/c1-8-23(2)25(21-39)38-29-32(42)37(34(6,7)22-33(3,4)5)19-13-17-35(29)28(31(38)41)27-26(43-35)16-12-18-36(30(27)40)20-24-14-10-9-11-15-24/h9-17,23,25-29,39H,8,18-22H2,1-7H3/t23-,25-,26-,27+,28-,29?,35-/m0/s1. The predicted molar refractivity (Wildman–Crippen MR) is 166 cm³/mol. The van der Waals surface area contributed by atoms with E-state index in [4.69, 9.17) is 4.74 Å². The van der Waals surface area contributed by atoms with Crippen LogP contribution in [0.2, 0.25) is 0 Å². The van der Waals surface area contributed by atoms with Gasteiger partial charge in [0.05, 0.1) is 30.6 Å². The minimum Gasteiger partial charge on any atom is -0.394 e. The molecule has 1 aromatic carbocycles. The highest BCUT2D eigenvalue weighted by Crippen LogP contribution is 2.55. The Morgan fingerprint density at radius 1 is 1.00 bits per heavy atom. The number of rotatable bonds is 8. The molecule has 4 heterocycles. The molecule has 7 atom stereocenters. The molecule has 3 amide bonds. The van der Waals surface area contributed by atoms with E-state index < -0.39 is 41.2 Å². The second kappa shape index (κ2) is 11.5. The van der Waals surface area contributed by atoms with Crippen molar-refractivity contribution in [2.24, 2.45) is 23.2 Å². The zero-order valence-corrected chi connectivity index (χ0v) is 26.8. The lowest BCUT2D eigenvalue weighted by Crippen LogP contribution is -2.62. The fraction of sp³-hybridized carbons (Fsp3) is 0.629. The first-order valence-corrected chi connectivity index (χ1v) is 15.8. The molecular formula is C35H49N3O5. The maximum atomic E-state index is 14.9. The Hall–Kier alpha value is -2.97. The van der Waals surface area contributed by atoms with Crippen molar-refractivity contribution in [2.45, 2.75) is 97.2 Å². The van der Waals surface area contributed by atoms with E-state index in [2.05, 4.69) is 34.6 Å². The van der Waals surface area contributed by atoms with E-state index in [9.17, 15) is 19.5 Å². The van der Waals surface area contributed by atoms with E-state index >= 15 is 0 Å².